The van der Waals surface area contributed by atoms with Crippen molar-refractivity contribution in [3.63, 3.8) is 0 Å². The Labute approximate surface area is 140 Å². The maximum atomic E-state index is 13.1. The molecular weight excluding hydrogens is 303 g/mol. The predicted molar refractivity (Wildman–Crippen MR) is 92.1 cm³/mol. The van der Waals surface area contributed by atoms with Crippen molar-refractivity contribution in [2.75, 3.05) is 18.0 Å². The van der Waals surface area contributed by atoms with Gasteiger partial charge in [-0.2, -0.15) is 0 Å². The first-order valence-electron chi connectivity index (χ1n) is 8.12. The van der Waals surface area contributed by atoms with Crippen LogP contribution in [0.25, 0.3) is 22.6 Å². The molecule has 0 bridgehead atoms. The molecule has 1 saturated heterocycles. The number of nitrogens with zero attached hydrogens (tertiary/aromatic N) is 4. The fourth-order valence-electron chi connectivity index (χ4n) is 2.97. The van der Waals surface area contributed by atoms with E-state index in [0.29, 0.717) is 5.82 Å². The van der Waals surface area contributed by atoms with Gasteiger partial charge < -0.3 is 4.90 Å². The van der Waals surface area contributed by atoms with E-state index in [1.165, 1.54) is 12.1 Å². The van der Waals surface area contributed by atoms with E-state index in [1.807, 2.05) is 30.3 Å². The first-order valence-corrected chi connectivity index (χ1v) is 8.12. The minimum absolute atomic E-state index is 0.271. The zero-order chi connectivity index (χ0) is 16.4. The average Bonchev–Trinajstić information content (AvgIpc) is 3.17. The molecule has 2 heterocycles. The number of hydrogen-bond acceptors (Lipinski definition) is 4. The molecule has 24 heavy (non-hydrogen) atoms. The molecule has 0 spiro atoms. The van der Waals surface area contributed by atoms with Crippen LogP contribution in [0.5, 0.6) is 0 Å². The van der Waals surface area contributed by atoms with Crippen LogP contribution in [0.15, 0.2) is 54.6 Å². The van der Waals surface area contributed by atoms with E-state index < -0.39 is 0 Å². The lowest BCUT2D eigenvalue weighted by atomic mass is 10.1. The third-order valence-corrected chi connectivity index (χ3v) is 4.22. The monoisotopic (exact) mass is 320 g/mol. The van der Waals surface area contributed by atoms with Crippen LogP contribution >= 0.6 is 0 Å². The zero-order valence-corrected chi connectivity index (χ0v) is 13.2. The van der Waals surface area contributed by atoms with Gasteiger partial charge in [0.1, 0.15) is 11.5 Å². The molecule has 1 aromatic heterocycles. The smallest absolute Gasteiger partial charge is 0.183 e. The number of benzene rings is 2. The minimum Gasteiger partial charge on any atom is -0.355 e. The highest BCUT2D eigenvalue weighted by molar-refractivity contribution is 5.73. The van der Waals surface area contributed by atoms with E-state index in [1.54, 1.807) is 12.1 Å². The summed E-state index contributed by atoms with van der Waals surface area (Å²) in [6.45, 7) is 1.95. The van der Waals surface area contributed by atoms with Crippen LogP contribution in [0, 0.1) is 5.82 Å². The molecule has 0 saturated carbocycles. The fraction of sp³-hybridized carbons (Fsp3) is 0.211. The molecule has 2 aromatic carbocycles. The molecule has 1 aliphatic heterocycles. The van der Waals surface area contributed by atoms with Gasteiger partial charge >= 0.3 is 0 Å². The summed E-state index contributed by atoms with van der Waals surface area (Å²) >= 11 is 0. The standard InChI is InChI=1S/C19H17FN4/c20-16-10-8-15(9-11-16)18-21-19(24-12-4-5-13-24)17(22-23-18)14-6-2-1-3-7-14/h1-3,6-11H,4-5,12-13H2. The minimum atomic E-state index is -0.271. The highest BCUT2D eigenvalue weighted by atomic mass is 19.1. The van der Waals surface area contributed by atoms with Gasteiger partial charge in [0.15, 0.2) is 11.6 Å². The van der Waals surface area contributed by atoms with Gasteiger partial charge in [0.05, 0.1) is 0 Å². The summed E-state index contributed by atoms with van der Waals surface area (Å²) in [5, 5.41) is 8.72. The highest BCUT2D eigenvalue weighted by Gasteiger charge is 2.21. The molecule has 5 heteroatoms. The van der Waals surface area contributed by atoms with Crippen LogP contribution in [0.1, 0.15) is 12.8 Å². The largest absolute Gasteiger partial charge is 0.355 e. The quantitative estimate of drug-likeness (QED) is 0.733. The summed E-state index contributed by atoms with van der Waals surface area (Å²) in [5.74, 6) is 1.11. The van der Waals surface area contributed by atoms with Crippen molar-refractivity contribution in [1.29, 1.82) is 0 Å². The Morgan fingerprint density at radius 1 is 0.792 bits per heavy atom. The van der Waals surface area contributed by atoms with Gasteiger partial charge in [0, 0.05) is 24.2 Å². The third kappa shape index (κ3) is 2.85. The second kappa shape index (κ2) is 6.35. The van der Waals surface area contributed by atoms with Gasteiger partial charge in [-0.3, -0.25) is 0 Å². The molecule has 1 fully saturated rings. The number of aromatic nitrogens is 3. The van der Waals surface area contributed by atoms with Gasteiger partial charge in [-0.1, -0.05) is 30.3 Å². The molecule has 1 aliphatic rings. The fourth-order valence-corrected chi connectivity index (χ4v) is 2.97. The van der Waals surface area contributed by atoms with Crippen LogP contribution < -0.4 is 4.90 Å². The van der Waals surface area contributed by atoms with E-state index in [9.17, 15) is 4.39 Å². The molecule has 4 rings (SSSR count). The van der Waals surface area contributed by atoms with Gasteiger partial charge in [0.25, 0.3) is 0 Å². The lowest BCUT2D eigenvalue weighted by Crippen LogP contribution is -2.21. The number of rotatable bonds is 3. The Morgan fingerprint density at radius 3 is 2.21 bits per heavy atom. The van der Waals surface area contributed by atoms with Gasteiger partial charge in [-0.15, -0.1) is 10.2 Å². The topological polar surface area (TPSA) is 41.9 Å². The molecule has 0 N–H and O–H groups in total. The Morgan fingerprint density at radius 2 is 1.50 bits per heavy atom. The molecule has 0 atom stereocenters. The average molecular weight is 320 g/mol. The van der Waals surface area contributed by atoms with Crippen molar-refractivity contribution in [3.05, 3.63) is 60.4 Å². The number of halogens is 1. The van der Waals surface area contributed by atoms with Crippen molar-refractivity contribution in [3.8, 4) is 22.6 Å². The van der Waals surface area contributed by atoms with E-state index >= 15 is 0 Å². The van der Waals surface area contributed by atoms with Crippen molar-refractivity contribution < 1.29 is 4.39 Å². The van der Waals surface area contributed by atoms with Crippen LogP contribution in [-0.4, -0.2) is 28.3 Å². The molecule has 0 unspecified atom stereocenters. The summed E-state index contributed by atoms with van der Waals surface area (Å²) in [6, 6.07) is 16.2. The Bertz CT molecular complexity index is 828. The molecular formula is C19H17FN4. The Kier molecular flexibility index (Phi) is 3.91. The van der Waals surface area contributed by atoms with Crippen LogP contribution in [0.3, 0.4) is 0 Å². The van der Waals surface area contributed by atoms with Crippen molar-refractivity contribution >= 4 is 5.82 Å². The van der Waals surface area contributed by atoms with Crippen LogP contribution in [0.2, 0.25) is 0 Å². The van der Waals surface area contributed by atoms with Crippen molar-refractivity contribution in [1.82, 2.24) is 15.2 Å². The van der Waals surface area contributed by atoms with Gasteiger partial charge in [-0.25, -0.2) is 9.37 Å². The molecule has 0 radical (unpaired) electrons. The maximum Gasteiger partial charge on any atom is 0.183 e. The van der Waals surface area contributed by atoms with E-state index in [0.717, 1.165) is 48.6 Å². The lowest BCUT2D eigenvalue weighted by Gasteiger charge is -2.19. The number of anilines is 1. The molecule has 0 amide bonds. The van der Waals surface area contributed by atoms with E-state index in [2.05, 4.69) is 15.1 Å². The van der Waals surface area contributed by atoms with E-state index in [4.69, 9.17) is 4.98 Å². The predicted octanol–water partition coefficient (Wildman–Crippen LogP) is 3.94. The first kappa shape index (κ1) is 14.8. The van der Waals surface area contributed by atoms with Crippen LogP contribution in [-0.2, 0) is 0 Å². The third-order valence-electron chi connectivity index (χ3n) is 4.22. The molecule has 4 nitrogen and oxygen atoms in total. The summed E-state index contributed by atoms with van der Waals surface area (Å²) in [5.41, 5.74) is 2.57. The van der Waals surface area contributed by atoms with Gasteiger partial charge in [0.2, 0.25) is 0 Å². The SMILES string of the molecule is Fc1ccc(-c2nnc(-c3ccccc3)c(N3CCCC3)n2)cc1. The lowest BCUT2D eigenvalue weighted by molar-refractivity contribution is 0.628. The number of hydrogen-bond donors (Lipinski definition) is 0. The Balaban J connectivity index is 1.81. The summed E-state index contributed by atoms with van der Waals surface area (Å²) in [4.78, 5) is 7.01. The normalized spacial score (nSPS) is 14.1. The Hall–Kier alpha value is -2.82. The highest BCUT2D eigenvalue weighted by Crippen LogP contribution is 2.30. The van der Waals surface area contributed by atoms with Crippen molar-refractivity contribution in [2.24, 2.45) is 0 Å². The summed E-state index contributed by atoms with van der Waals surface area (Å²) in [7, 11) is 0. The van der Waals surface area contributed by atoms with Crippen LogP contribution in [0.4, 0.5) is 10.2 Å². The second-order valence-electron chi connectivity index (χ2n) is 5.87. The second-order valence-corrected chi connectivity index (χ2v) is 5.87. The molecule has 120 valence electrons. The molecule has 3 aromatic rings. The zero-order valence-electron chi connectivity index (χ0n) is 13.2. The summed E-state index contributed by atoms with van der Waals surface area (Å²) < 4.78 is 13.1. The molecule has 0 aliphatic carbocycles. The first-order chi connectivity index (χ1) is 11.8. The maximum absolute atomic E-state index is 13.1. The van der Waals surface area contributed by atoms with E-state index in [-0.39, 0.29) is 5.82 Å². The van der Waals surface area contributed by atoms with Crippen molar-refractivity contribution in [2.45, 2.75) is 12.8 Å². The van der Waals surface area contributed by atoms with Gasteiger partial charge in [-0.05, 0) is 37.1 Å². The summed E-state index contributed by atoms with van der Waals surface area (Å²) in [6.07, 6.45) is 2.31.